The van der Waals surface area contributed by atoms with E-state index in [4.69, 9.17) is 9.47 Å². The quantitative estimate of drug-likeness (QED) is 0.765. The summed E-state index contributed by atoms with van der Waals surface area (Å²) in [6.45, 7) is 5.89. The maximum Gasteiger partial charge on any atom is 0.272 e. The highest BCUT2D eigenvalue weighted by Gasteiger charge is 2.48. The molecule has 26 heavy (non-hydrogen) atoms. The highest BCUT2D eigenvalue weighted by Crippen LogP contribution is 2.39. The van der Waals surface area contributed by atoms with E-state index in [1.165, 1.54) is 25.7 Å². The molecule has 3 aliphatic heterocycles. The molecule has 3 aliphatic rings. The molecule has 144 valence electrons. The van der Waals surface area contributed by atoms with Gasteiger partial charge in [0.1, 0.15) is 5.69 Å². The van der Waals surface area contributed by atoms with E-state index in [1.807, 2.05) is 11.0 Å². The minimum Gasteiger partial charge on any atom is -0.383 e. The van der Waals surface area contributed by atoms with E-state index >= 15 is 0 Å². The Kier molecular flexibility index (Phi) is 5.29. The number of carbonyl (C=O) groups is 1. The van der Waals surface area contributed by atoms with Crippen molar-refractivity contribution in [3.05, 3.63) is 18.0 Å². The Morgan fingerprint density at radius 2 is 2.31 bits per heavy atom. The van der Waals surface area contributed by atoms with Gasteiger partial charge in [0.05, 0.1) is 19.3 Å². The summed E-state index contributed by atoms with van der Waals surface area (Å²) in [5.41, 5.74) is 0.834. The van der Waals surface area contributed by atoms with E-state index in [1.54, 1.807) is 18.0 Å². The molecule has 0 bridgehead atoms. The average Bonchev–Trinajstić information content (AvgIpc) is 3.34. The molecule has 4 heterocycles. The summed E-state index contributed by atoms with van der Waals surface area (Å²) in [4.78, 5) is 17.7. The number of rotatable bonds is 6. The molecule has 0 saturated carbocycles. The molecular formula is C19H30N4O3. The number of likely N-dealkylation sites (tertiary alicyclic amines) is 2. The van der Waals surface area contributed by atoms with Gasteiger partial charge in [-0.15, -0.1) is 0 Å². The lowest BCUT2D eigenvalue weighted by Gasteiger charge is -2.57. The van der Waals surface area contributed by atoms with E-state index in [0.29, 0.717) is 24.9 Å². The lowest BCUT2D eigenvalue weighted by atomic mass is 9.77. The van der Waals surface area contributed by atoms with Crippen molar-refractivity contribution in [3.63, 3.8) is 0 Å². The van der Waals surface area contributed by atoms with Crippen molar-refractivity contribution in [1.29, 1.82) is 0 Å². The molecule has 2 atom stereocenters. The number of piperidine rings is 1. The van der Waals surface area contributed by atoms with E-state index in [0.717, 1.165) is 39.2 Å². The summed E-state index contributed by atoms with van der Waals surface area (Å²) >= 11 is 0. The van der Waals surface area contributed by atoms with Crippen LogP contribution in [-0.2, 0) is 16.0 Å². The van der Waals surface area contributed by atoms with Gasteiger partial charge in [0.25, 0.3) is 5.91 Å². The zero-order valence-electron chi connectivity index (χ0n) is 15.7. The second-order valence-corrected chi connectivity index (χ2v) is 7.82. The topological polar surface area (TPSA) is 59.8 Å². The van der Waals surface area contributed by atoms with Gasteiger partial charge in [-0.2, -0.15) is 5.10 Å². The molecular weight excluding hydrogens is 332 g/mol. The number of aromatic nitrogens is 2. The molecule has 1 spiro atoms. The first-order valence-corrected chi connectivity index (χ1v) is 9.88. The zero-order chi connectivity index (χ0) is 18.0. The van der Waals surface area contributed by atoms with Crippen molar-refractivity contribution in [2.45, 2.75) is 50.3 Å². The maximum atomic E-state index is 13.1. The largest absolute Gasteiger partial charge is 0.383 e. The summed E-state index contributed by atoms with van der Waals surface area (Å²) in [7, 11) is 1.67. The third-order valence-corrected chi connectivity index (χ3v) is 6.25. The van der Waals surface area contributed by atoms with Gasteiger partial charge in [-0.3, -0.25) is 14.4 Å². The van der Waals surface area contributed by atoms with Crippen LogP contribution >= 0.6 is 0 Å². The number of hydrogen-bond donors (Lipinski definition) is 0. The Hall–Kier alpha value is -1.44. The first-order valence-electron chi connectivity index (χ1n) is 9.88. The van der Waals surface area contributed by atoms with Gasteiger partial charge >= 0.3 is 0 Å². The first kappa shape index (κ1) is 17.9. The number of amides is 1. The van der Waals surface area contributed by atoms with Crippen molar-refractivity contribution in [1.82, 2.24) is 19.6 Å². The van der Waals surface area contributed by atoms with Gasteiger partial charge in [-0.1, -0.05) is 0 Å². The van der Waals surface area contributed by atoms with Crippen molar-refractivity contribution >= 4 is 5.91 Å². The van der Waals surface area contributed by atoms with Gasteiger partial charge in [-0.05, 0) is 38.2 Å². The molecule has 3 saturated heterocycles. The smallest absolute Gasteiger partial charge is 0.272 e. The summed E-state index contributed by atoms with van der Waals surface area (Å²) in [5.74, 6) is 0.0987. The Bertz CT molecular complexity index is 628. The van der Waals surface area contributed by atoms with Gasteiger partial charge in [0.2, 0.25) is 0 Å². The van der Waals surface area contributed by atoms with Crippen molar-refractivity contribution in [2.24, 2.45) is 0 Å². The van der Waals surface area contributed by atoms with Crippen LogP contribution < -0.4 is 0 Å². The fourth-order valence-electron chi connectivity index (χ4n) is 4.69. The van der Waals surface area contributed by atoms with Gasteiger partial charge in [-0.25, -0.2) is 0 Å². The molecule has 0 aromatic carbocycles. The molecule has 1 aromatic heterocycles. The Balaban J connectivity index is 1.41. The molecule has 0 unspecified atom stereocenters. The summed E-state index contributed by atoms with van der Waals surface area (Å²) in [6.07, 6.45) is 7.89. The van der Waals surface area contributed by atoms with Gasteiger partial charge < -0.3 is 14.4 Å². The van der Waals surface area contributed by atoms with Crippen LogP contribution in [0.1, 0.15) is 42.6 Å². The molecule has 1 amide bonds. The maximum absolute atomic E-state index is 13.1. The Morgan fingerprint density at radius 1 is 1.38 bits per heavy atom. The second kappa shape index (κ2) is 7.66. The molecule has 1 aromatic rings. The van der Waals surface area contributed by atoms with Crippen LogP contribution in [0.5, 0.6) is 0 Å². The molecule has 3 fully saturated rings. The van der Waals surface area contributed by atoms with Gasteiger partial charge in [0.15, 0.2) is 0 Å². The van der Waals surface area contributed by atoms with E-state index in [9.17, 15) is 4.79 Å². The average molecular weight is 362 g/mol. The Morgan fingerprint density at radius 3 is 3.04 bits per heavy atom. The van der Waals surface area contributed by atoms with Crippen LogP contribution in [0.25, 0.3) is 0 Å². The van der Waals surface area contributed by atoms with Crippen LogP contribution in [0.4, 0.5) is 0 Å². The summed E-state index contributed by atoms with van der Waals surface area (Å²) in [5, 5.41) is 4.29. The SMILES string of the molecule is COCCn1nccc1C(=O)N1CCC[C@@]2(CCN2C[C@@H]2CCCO2)C1. The molecule has 7 heteroatoms. The molecule has 4 rings (SSSR count). The van der Waals surface area contributed by atoms with Crippen LogP contribution in [0, 0.1) is 0 Å². The monoisotopic (exact) mass is 362 g/mol. The highest BCUT2D eigenvalue weighted by molar-refractivity contribution is 5.92. The molecule has 7 nitrogen and oxygen atoms in total. The van der Waals surface area contributed by atoms with Crippen LogP contribution in [0.2, 0.25) is 0 Å². The van der Waals surface area contributed by atoms with Gasteiger partial charge in [0, 0.05) is 51.6 Å². The minimum absolute atomic E-state index is 0.0987. The first-order chi connectivity index (χ1) is 12.7. The predicted molar refractivity (Wildman–Crippen MR) is 97.1 cm³/mol. The molecule has 0 N–H and O–H groups in total. The minimum atomic E-state index is 0.0987. The second-order valence-electron chi connectivity index (χ2n) is 7.82. The van der Waals surface area contributed by atoms with Crippen molar-refractivity contribution in [3.8, 4) is 0 Å². The Labute approximate surface area is 155 Å². The number of methoxy groups -OCH3 is 1. The van der Waals surface area contributed by atoms with E-state index in [-0.39, 0.29) is 11.4 Å². The number of ether oxygens (including phenoxy) is 2. The number of nitrogens with zero attached hydrogens (tertiary/aromatic N) is 4. The lowest BCUT2D eigenvalue weighted by molar-refractivity contribution is -0.0808. The van der Waals surface area contributed by atoms with Crippen molar-refractivity contribution < 1.29 is 14.3 Å². The third-order valence-electron chi connectivity index (χ3n) is 6.25. The predicted octanol–water partition coefficient (Wildman–Crippen LogP) is 1.39. The third kappa shape index (κ3) is 3.40. The van der Waals surface area contributed by atoms with Crippen molar-refractivity contribution in [2.75, 3.05) is 46.5 Å². The number of hydrogen-bond acceptors (Lipinski definition) is 5. The fraction of sp³-hybridized carbons (Fsp3) is 0.789. The molecule has 0 radical (unpaired) electrons. The molecule has 0 aliphatic carbocycles. The van der Waals surface area contributed by atoms with Crippen LogP contribution in [0.3, 0.4) is 0 Å². The van der Waals surface area contributed by atoms with Crippen LogP contribution in [0.15, 0.2) is 12.3 Å². The van der Waals surface area contributed by atoms with E-state index < -0.39 is 0 Å². The number of carbonyl (C=O) groups excluding carboxylic acids is 1. The fourth-order valence-corrected chi connectivity index (χ4v) is 4.69. The standard InChI is InChI=1S/C19H30N4O3/c1-25-13-11-23-17(5-8-20-23)18(24)21-9-3-6-19(15-21)7-10-22(19)14-16-4-2-12-26-16/h5,8,16H,2-4,6-7,9-15H2,1H3/t16-,19+/m0/s1. The van der Waals surface area contributed by atoms with Crippen LogP contribution in [-0.4, -0.2) is 83.6 Å². The lowest BCUT2D eigenvalue weighted by Crippen LogP contribution is -2.68. The van der Waals surface area contributed by atoms with E-state index in [2.05, 4.69) is 10.00 Å². The summed E-state index contributed by atoms with van der Waals surface area (Å²) in [6, 6.07) is 1.82. The summed E-state index contributed by atoms with van der Waals surface area (Å²) < 4.78 is 12.7. The zero-order valence-corrected chi connectivity index (χ0v) is 15.7. The normalized spacial score (nSPS) is 29.3. The highest BCUT2D eigenvalue weighted by atomic mass is 16.5.